The maximum absolute atomic E-state index is 12.7. The van der Waals surface area contributed by atoms with Crippen molar-refractivity contribution in [1.82, 2.24) is 20.1 Å². The Labute approximate surface area is 141 Å². The summed E-state index contributed by atoms with van der Waals surface area (Å²) >= 11 is 0. The first-order valence-electron chi connectivity index (χ1n) is 8.98. The Morgan fingerprint density at radius 1 is 1.12 bits per heavy atom. The van der Waals surface area contributed by atoms with Crippen LogP contribution >= 0.6 is 0 Å². The van der Waals surface area contributed by atoms with Crippen molar-refractivity contribution in [2.75, 3.05) is 26.2 Å². The normalized spacial score (nSPS) is 21.5. The van der Waals surface area contributed by atoms with Gasteiger partial charge in [0.15, 0.2) is 0 Å². The van der Waals surface area contributed by atoms with Gasteiger partial charge in [-0.15, -0.1) is 0 Å². The van der Waals surface area contributed by atoms with Crippen molar-refractivity contribution in [1.29, 1.82) is 0 Å². The standard InChI is InChI=1S/C18H24N4O2/c1-13(21-8-2-3-9-21)14-6-10-22(11-7-14)18(23)15-4-5-16-17(12-15)20-24-19-16/h4-5,12-14H,2-3,6-11H2,1H3. The molecule has 0 N–H and O–H groups in total. The molecule has 2 fully saturated rings. The number of nitrogens with zero attached hydrogens (tertiary/aromatic N) is 4. The van der Waals surface area contributed by atoms with Gasteiger partial charge in [-0.05, 0) is 80.1 Å². The molecular formula is C18H24N4O2. The molecule has 0 aliphatic carbocycles. The number of hydrogen-bond donors (Lipinski definition) is 0. The molecule has 4 rings (SSSR count). The molecule has 2 aromatic rings. The van der Waals surface area contributed by atoms with Gasteiger partial charge in [-0.2, -0.15) is 0 Å². The zero-order chi connectivity index (χ0) is 16.5. The molecule has 3 heterocycles. The van der Waals surface area contributed by atoms with E-state index in [-0.39, 0.29) is 5.91 Å². The summed E-state index contributed by atoms with van der Waals surface area (Å²) in [6, 6.07) is 6.02. The summed E-state index contributed by atoms with van der Waals surface area (Å²) < 4.78 is 4.70. The summed E-state index contributed by atoms with van der Waals surface area (Å²) in [7, 11) is 0. The SMILES string of the molecule is CC(C1CCN(C(=O)c2ccc3nonc3c2)CC1)N1CCCC1. The predicted octanol–water partition coefficient (Wildman–Crippen LogP) is 2.56. The van der Waals surface area contributed by atoms with Gasteiger partial charge in [0, 0.05) is 24.7 Å². The van der Waals surface area contributed by atoms with Gasteiger partial charge in [-0.25, -0.2) is 4.63 Å². The molecule has 1 atom stereocenters. The van der Waals surface area contributed by atoms with Crippen molar-refractivity contribution in [2.24, 2.45) is 5.92 Å². The number of amides is 1. The van der Waals surface area contributed by atoms with Crippen molar-refractivity contribution < 1.29 is 9.42 Å². The van der Waals surface area contributed by atoms with Crippen molar-refractivity contribution in [3.05, 3.63) is 23.8 Å². The summed E-state index contributed by atoms with van der Waals surface area (Å²) in [5.74, 6) is 0.793. The molecule has 0 bridgehead atoms. The maximum Gasteiger partial charge on any atom is 0.253 e. The van der Waals surface area contributed by atoms with Crippen LogP contribution in [0.25, 0.3) is 11.0 Å². The molecule has 24 heavy (non-hydrogen) atoms. The molecule has 1 aromatic carbocycles. The van der Waals surface area contributed by atoms with Crippen LogP contribution in [0.3, 0.4) is 0 Å². The van der Waals surface area contributed by atoms with Crippen LogP contribution in [0.2, 0.25) is 0 Å². The van der Waals surface area contributed by atoms with Gasteiger partial charge < -0.3 is 9.80 Å². The van der Waals surface area contributed by atoms with Gasteiger partial charge in [-0.1, -0.05) is 0 Å². The van der Waals surface area contributed by atoms with Crippen LogP contribution in [-0.2, 0) is 0 Å². The van der Waals surface area contributed by atoms with Crippen LogP contribution in [0.1, 0.15) is 43.0 Å². The molecule has 1 amide bonds. The second kappa shape index (κ2) is 6.51. The van der Waals surface area contributed by atoms with Crippen LogP contribution in [0.4, 0.5) is 0 Å². The number of aromatic nitrogens is 2. The van der Waals surface area contributed by atoms with Gasteiger partial charge in [0.05, 0.1) is 0 Å². The van der Waals surface area contributed by atoms with Crippen molar-refractivity contribution >= 4 is 16.9 Å². The van der Waals surface area contributed by atoms with Gasteiger partial charge in [0.25, 0.3) is 5.91 Å². The Kier molecular flexibility index (Phi) is 4.22. The third-order valence-electron chi connectivity index (χ3n) is 5.73. The van der Waals surface area contributed by atoms with E-state index in [0.29, 0.717) is 28.6 Å². The number of fused-ring (bicyclic) bond motifs is 1. The summed E-state index contributed by atoms with van der Waals surface area (Å²) in [5.41, 5.74) is 1.99. The molecule has 2 aliphatic rings. The molecule has 0 spiro atoms. The van der Waals surface area contributed by atoms with E-state index in [1.165, 1.54) is 25.9 Å². The average Bonchev–Trinajstić information content (AvgIpc) is 3.31. The zero-order valence-corrected chi connectivity index (χ0v) is 14.1. The Morgan fingerprint density at radius 2 is 1.83 bits per heavy atom. The lowest BCUT2D eigenvalue weighted by atomic mass is 9.89. The Morgan fingerprint density at radius 3 is 2.58 bits per heavy atom. The Hall–Kier alpha value is -1.95. The van der Waals surface area contributed by atoms with Gasteiger partial charge in [0.2, 0.25) is 0 Å². The third-order valence-corrected chi connectivity index (χ3v) is 5.73. The first-order valence-corrected chi connectivity index (χ1v) is 8.98. The Balaban J connectivity index is 1.38. The Bertz CT molecular complexity index is 715. The molecule has 6 nitrogen and oxygen atoms in total. The highest BCUT2D eigenvalue weighted by molar-refractivity contribution is 5.97. The molecule has 6 heteroatoms. The van der Waals surface area contributed by atoms with Crippen LogP contribution in [0.5, 0.6) is 0 Å². The highest BCUT2D eigenvalue weighted by Crippen LogP contribution is 2.27. The maximum atomic E-state index is 12.7. The van der Waals surface area contributed by atoms with Crippen molar-refractivity contribution in [2.45, 2.75) is 38.6 Å². The average molecular weight is 328 g/mol. The number of piperidine rings is 1. The summed E-state index contributed by atoms with van der Waals surface area (Å²) in [4.78, 5) is 17.3. The number of carbonyl (C=O) groups is 1. The predicted molar refractivity (Wildman–Crippen MR) is 90.7 cm³/mol. The number of hydrogen-bond acceptors (Lipinski definition) is 5. The van der Waals surface area contributed by atoms with E-state index < -0.39 is 0 Å². The van der Waals surface area contributed by atoms with E-state index in [1.54, 1.807) is 12.1 Å². The zero-order valence-electron chi connectivity index (χ0n) is 14.1. The fraction of sp³-hybridized carbons (Fsp3) is 0.611. The minimum atomic E-state index is 0.0900. The molecule has 0 radical (unpaired) electrons. The van der Waals surface area contributed by atoms with E-state index in [2.05, 4.69) is 22.1 Å². The lowest BCUT2D eigenvalue weighted by Crippen LogP contribution is -2.45. The van der Waals surface area contributed by atoms with E-state index in [0.717, 1.165) is 25.9 Å². The first-order chi connectivity index (χ1) is 11.7. The quantitative estimate of drug-likeness (QED) is 0.866. The molecule has 2 saturated heterocycles. The fourth-order valence-electron chi connectivity index (χ4n) is 4.13. The van der Waals surface area contributed by atoms with E-state index >= 15 is 0 Å². The minimum Gasteiger partial charge on any atom is -0.339 e. The molecule has 2 aliphatic heterocycles. The van der Waals surface area contributed by atoms with Crippen LogP contribution in [0.15, 0.2) is 22.8 Å². The van der Waals surface area contributed by atoms with Crippen molar-refractivity contribution in [3.63, 3.8) is 0 Å². The number of benzene rings is 1. The van der Waals surface area contributed by atoms with Crippen LogP contribution in [0, 0.1) is 5.92 Å². The lowest BCUT2D eigenvalue weighted by molar-refractivity contribution is 0.0624. The number of rotatable bonds is 3. The van der Waals surface area contributed by atoms with Crippen molar-refractivity contribution in [3.8, 4) is 0 Å². The highest BCUT2D eigenvalue weighted by atomic mass is 16.6. The van der Waals surface area contributed by atoms with E-state index in [4.69, 9.17) is 4.63 Å². The number of carbonyl (C=O) groups excluding carboxylic acids is 1. The fourth-order valence-corrected chi connectivity index (χ4v) is 4.13. The van der Waals surface area contributed by atoms with Gasteiger partial charge in [0.1, 0.15) is 11.0 Å². The van der Waals surface area contributed by atoms with Crippen LogP contribution < -0.4 is 0 Å². The topological polar surface area (TPSA) is 62.5 Å². The minimum absolute atomic E-state index is 0.0900. The molecule has 0 saturated carbocycles. The smallest absolute Gasteiger partial charge is 0.253 e. The van der Waals surface area contributed by atoms with E-state index in [1.807, 2.05) is 11.0 Å². The second-order valence-electron chi connectivity index (χ2n) is 7.08. The van der Waals surface area contributed by atoms with E-state index in [9.17, 15) is 4.79 Å². The summed E-state index contributed by atoms with van der Waals surface area (Å²) in [6.45, 7) is 6.53. The monoisotopic (exact) mass is 328 g/mol. The van der Waals surface area contributed by atoms with Gasteiger partial charge in [-0.3, -0.25) is 4.79 Å². The van der Waals surface area contributed by atoms with Crippen LogP contribution in [-0.4, -0.2) is 58.2 Å². The molecule has 1 unspecified atom stereocenters. The summed E-state index contributed by atoms with van der Waals surface area (Å²) in [6.07, 6.45) is 4.86. The number of likely N-dealkylation sites (tertiary alicyclic amines) is 2. The molecular weight excluding hydrogens is 304 g/mol. The summed E-state index contributed by atoms with van der Waals surface area (Å²) in [5, 5.41) is 7.61. The third kappa shape index (κ3) is 2.90. The second-order valence-corrected chi connectivity index (χ2v) is 7.08. The molecule has 1 aromatic heterocycles. The lowest BCUT2D eigenvalue weighted by Gasteiger charge is -2.38. The van der Waals surface area contributed by atoms with Gasteiger partial charge >= 0.3 is 0 Å². The molecule has 128 valence electrons. The first kappa shape index (κ1) is 15.6. The largest absolute Gasteiger partial charge is 0.339 e. The highest BCUT2D eigenvalue weighted by Gasteiger charge is 2.30.